The fourth-order valence-corrected chi connectivity index (χ4v) is 5.46. The number of nitrogens with one attached hydrogen (secondary N) is 1. The molecule has 0 atom stereocenters. The van der Waals surface area contributed by atoms with E-state index in [0.717, 1.165) is 5.56 Å². The maximum absolute atomic E-state index is 14.0. The largest absolute Gasteiger partial charge is 0.497 e. The molecule has 7 nitrogen and oxygen atoms in total. The summed E-state index contributed by atoms with van der Waals surface area (Å²) in [6, 6.07) is 25.1. The first kappa shape index (κ1) is 27.0. The average molecular weight is 551 g/mol. The fourth-order valence-electron chi connectivity index (χ4n) is 3.87. The molecule has 0 aromatic heterocycles. The number of hydrogen-bond acceptors (Lipinski definition) is 5. The molecule has 0 aliphatic rings. The van der Waals surface area contributed by atoms with Gasteiger partial charge in [0, 0.05) is 11.1 Å². The van der Waals surface area contributed by atoms with Gasteiger partial charge in [-0.05, 0) is 61.0 Å². The zero-order valence-electron chi connectivity index (χ0n) is 21.1. The van der Waals surface area contributed by atoms with Gasteiger partial charge in [-0.1, -0.05) is 53.6 Å². The van der Waals surface area contributed by atoms with Gasteiger partial charge in [0.05, 0.1) is 42.6 Å². The molecule has 0 saturated heterocycles. The van der Waals surface area contributed by atoms with Crippen molar-refractivity contribution in [3.05, 3.63) is 113 Å². The van der Waals surface area contributed by atoms with E-state index in [1.165, 1.54) is 18.5 Å². The van der Waals surface area contributed by atoms with Gasteiger partial charge in [0.1, 0.15) is 11.5 Å². The van der Waals surface area contributed by atoms with Gasteiger partial charge in [0.15, 0.2) is 0 Å². The van der Waals surface area contributed by atoms with Gasteiger partial charge in [-0.25, -0.2) is 8.42 Å². The first-order chi connectivity index (χ1) is 18.2. The van der Waals surface area contributed by atoms with Crippen molar-refractivity contribution in [3.63, 3.8) is 0 Å². The minimum absolute atomic E-state index is 0.0104. The predicted molar refractivity (Wildman–Crippen MR) is 150 cm³/mol. The van der Waals surface area contributed by atoms with Crippen molar-refractivity contribution in [2.75, 3.05) is 23.8 Å². The number of para-hydroxylation sites is 1. The van der Waals surface area contributed by atoms with Gasteiger partial charge in [-0.2, -0.15) is 0 Å². The molecule has 0 aliphatic carbocycles. The van der Waals surface area contributed by atoms with Gasteiger partial charge in [0.2, 0.25) is 0 Å². The molecule has 0 spiro atoms. The van der Waals surface area contributed by atoms with Crippen LogP contribution in [-0.4, -0.2) is 28.5 Å². The second-order valence-electron chi connectivity index (χ2n) is 8.49. The lowest BCUT2D eigenvalue weighted by Crippen LogP contribution is -2.32. The quantitative estimate of drug-likeness (QED) is 0.264. The van der Waals surface area contributed by atoms with E-state index in [-0.39, 0.29) is 22.7 Å². The Balaban J connectivity index is 1.78. The third-order valence-electron chi connectivity index (χ3n) is 5.92. The molecule has 0 saturated carbocycles. The van der Waals surface area contributed by atoms with Crippen LogP contribution in [-0.2, 0) is 16.6 Å². The minimum Gasteiger partial charge on any atom is -0.497 e. The van der Waals surface area contributed by atoms with Crippen LogP contribution in [0.25, 0.3) is 0 Å². The number of anilines is 2. The van der Waals surface area contributed by atoms with Crippen LogP contribution in [0.1, 0.15) is 21.5 Å². The van der Waals surface area contributed by atoms with E-state index in [1.807, 2.05) is 6.92 Å². The van der Waals surface area contributed by atoms with Crippen LogP contribution >= 0.6 is 11.6 Å². The number of carbonyl (C=O) groups excluding carboxylic acids is 1. The van der Waals surface area contributed by atoms with Crippen LogP contribution < -0.4 is 19.1 Å². The standard InChI is InChI=1S/C29H27ClN2O5S/c1-20-8-15-24(16-9-20)38(34,35)32(19-21-10-12-22(30)13-11-21)27-7-5-4-6-25(27)29(33)31-26-17-14-23(36-2)18-28(26)37-3/h4-18H,19H2,1-3H3,(H,31,33). The smallest absolute Gasteiger partial charge is 0.264 e. The second kappa shape index (κ2) is 11.6. The minimum atomic E-state index is -4.05. The summed E-state index contributed by atoms with van der Waals surface area (Å²) in [4.78, 5) is 13.6. The highest BCUT2D eigenvalue weighted by atomic mass is 35.5. The van der Waals surface area contributed by atoms with Crippen LogP contribution in [0.5, 0.6) is 11.5 Å². The molecule has 1 amide bonds. The fraction of sp³-hybridized carbons (Fsp3) is 0.138. The summed E-state index contributed by atoms with van der Waals surface area (Å²) in [5.41, 5.74) is 2.46. The number of nitrogens with zero attached hydrogens (tertiary/aromatic N) is 1. The van der Waals surface area contributed by atoms with E-state index in [0.29, 0.717) is 27.8 Å². The zero-order chi connectivity index (χ0) is 27.3. The van der Waals surface area contributed by atoms with Crippen molar-refractivity contribution in [1.29, 1.82) is 0 Å². The number of ether oxygens (including phenoxy) is 2. The van der Waals surface area contributed by atoms with Crippen LogP contribution in [0.15, 0.2) is 95.9 Å². The first-order valence-corrected chi connectivity index (χ1v) is 13.5. The van der Waals surface area contributed by atoms with Crippen molar-refractivity contribution >= 4 is 38.9 Å². The molecule has 4 rings (SSSR count). The van der Waals surface area contributed by atoms with E-state index in [2.05, 4.69) is 5.32 Å². The van der Waals surface area contributed by atoms with Gasteiger partial charge < -0.3 is 14.8 Å². The normalized spacial score (nSPS) is 11.1. The lowest BCUT2D eigenvalue weighted by atomic mass is 10.1. The molecule has 4 aromatic rings. The van der Waals surface area contributed by atoms with E-state index < -0.39 is 15.9 Å². The summed E-state index contributed by atoms with van der Waals surface area (Å²) in [7, 11) is -1.03. The number of halogens is 1. The molecule has 4 aromatic carbocycles. The Morgan fingerprint density at radius 3 is 2.24 bits per heavy atom. The van der Waals surface area contributed by atoms with Gasteiger partial charge in [-0.15, -0.1) is 0 Å². The highest BCUT2D eigenvalue weighted by molar-refractivity contribution is 7.92. The Morgan fingerprint density at radius 1 is 0.895 bits per heavy atom. The number of carbonyl (C=O) groups is 1. The van der Waals surface area contributed by atoms with Crippen molar-refractivity contribution in [1.82, 2.24) is 0 Å². The lowest BCUT2D eigenvalue weighted by molar-refractivity contribution is 0.102. The molecule has 196 valence electrons. The topological polar surface area (TPSA) is 84.9 Å². The first-order valence-electron chi connectivity index (χ1n) is 11.7. The SMILES string of the molecule is COc1ccc(NC(=O)c2ccccc2N(Cc2ccc(Cl)cc2)S(=O)(=O)c2ccc(C)cc2)c(OC)c1. The molecular weight excluding hydrogens is 524 g/mol. The molecule has 0 unspecified atom stereocenters. The summed E-state index contributed by atoms with van der Waals surface area (Å²) in [6.45, 7) is 1.87. The maximum atomic E-state index is 14.0. The van der Waals surface area contributed by atoms with Crippen molar-refractivity contribution in [3.8, 4) is 11.5 Å². The average Bonchev–Trinajstić information content (AvgIpc) is 2.93. The molecular formula is C29H27ClN2O5S. The van der Waals surface area contributed by atoms with Gasteiger partial charge in [0.25, 0.3) is 15.9 Å². The summed E-state index contributed by atoms with van der Waals surface area (Å²) >= 11 is 6.05. The zero-order valence-corrected chi connectivity index (χ0v) is 22.7. The Hall–Kier alpha value is -4.01. The van der Waals surface area contributed by atoms with Crippen LogP contribution in [0.2, 0.25) is 5.02 Å². The molecule has 0 fully saturated rings. The highest BCUT2D eigenvalue weighted by Crippen LogP contribution is 2.33. The summed E-state index contributed by atoms with van der Waals surface area (Å²) in [5, 5.41) is 3.37. The Morgan fingerprint density at radius 2 is 1.58 bits per heavy atom. The Labute approximate surface area is 227 Å². The molecule has 0 radical (unpaired) electrons. The third-order valence-corrected chi connectivity index (χ3v) is 7.95. The van der Waals surface area contributed by atoms with E-state index in [9.17, 15) is 13.2 Å². The number of aryl methyl sites for hydroxylation is 1. The number of methoxy groups -OCH3 is 2. The number of amides is 1. The summed E-state index contributed by atoms with van der Waals surface area (Å²) < 4.78 is 39.8. The number of benzene rings is 4. The van der Waals surface area contributed by atoms with Crippen molar-refractivity contribution in [2.45, 2.75) is 18.4 Å². The molecule has 0 bridgehead atoms. The monoisotopic (exact) mass is 550 g/mol. The molecule has 1 N–H and O–H groups in total. The molecule has 0 aliphatic heterocycles. The van der Waals surface area contributed by atoms with Crippen molar-refractivity contribution in [2.24, 2.45) is 0 Å². The highest BCUT2D eigenvalue weighted by Gasteiger charge is 2.29. The summed E-state index contributed by atoms with van der Waals surface area (Å²) in [6.07, 6.45) is 0. The van der Waals surface area contributed by atoms with Gasteiger partial charge >= 0.3 is 0 Å². The third kappa shape index (κ3) is 5.93. The Kier molecular flexibility index (Phi) is 8.24. The van der Waals surface area contributed by atoms with E-state index in [4.69, 9.17) is 21.1 Å². The van der Waals surface area contributed by atoms with Gasteiger partial charge in [-0.3, -0.25) is 9.10 Å². The van der Waals surface area contributed by atoms with Crippen LogP contribution in [0.4, 0.5) is 11.4 Å². The second-order valence-corrected chi connectivity index (χ2v) is 10.8. The molecule has 0 heterocycles. The maximum Gasteiger partial charge on any atom is 0.264 e. The van der Waals surface area contributed by atoms with Crippen LogP contribution in [0, 0.1) is 6.92 Å². The van der Waals surface area contributed by atoms with E-state index in [1.54, 1.807) is 91.0 Å². The molecule has 9 heteroatoms. The van der Waals surface area contributed by atoms with Crippen LogP contribution in [0.3, 0.4) is 0 Å². The Bertz CT molecular complexity index is 1540. The van der Waals surface area contributed by atoms with Crippen molar-refractivity contribution < 1.29 is 22.7 Å². The molecule has 38 heavy (non-hydrogen) atoms. The number of hydrogen-bond donors (Lipinski definition) is 1. The summed E-state index contributed by atoms with van der Waals surface area (Å²) in [5.74, 6) is 0.475. The number of sulfonamides is 1. The number of rotatable bonds is 9. The predicted octanol–water partition coefficient (Wildman–Crippen LogP) is 6.31. The lowest BCUT2D eigenvalue weighted by Gasteiger charge is -2.27. The van der Waals surface area contributed by atoms with E-state index >= 15 is 0 Å².